The molecule has 0 saturated carbocycles. The van der Waals surface area contributed by atoms with Crippen LogP contribution in [0.25, 0.3) is 0 Å². The van der Waals surface area contributed by atoms with Crippen molar-refractivity contribution in [2.45, 2.75) is 147 Å². The fourth-order valence-corrected chi connectivity index (χ4v) is 5.90. The van der Waals surface area contributed by atoms with Crippen LogP contribution in [0.15, 0.2) is 30.3 Å². The van der Waals surface area contributed by atoms with Gasteiger partial charge in [-0.3, -0.25) is 14.9 Å². The summed E-state index contributed by atoms with van der Waals surface area (Å²) in [5.74, 6) is -0.815. The standard InChI is InChI=1S/C33H52N2O5/c1-3-4-5-6-7-8-9-10-11-12-13-17-21-28-24-29(32(37)40-28)34-26(2)31(36)35-23-18-22-30(35)33(38)39-25-27-19-15-14-16-20-27/h14-16,19-20,26,28-30,34H,3-13,17-18,21-25H2,1-2H3/t26-,28?,29?,30-/m0/s1. The molecule has 0 aromatic heterocycles. The topological polar surface area (TPSA) is 84.9 Å². The predicted octanol–water partition coefficient (Wildman–Crippen LogP) is 6.47. The third-order valence-corrected chi connectivity index (χ3v) is 8.30. The molecule has 1 aromatic rings. The minimum absolute atomic E-state index is 0.0806. The molecule has 2 aliphatic heterocycles. The maximum absolute atomic E-state index is 13.2. The van der Waals surface area contributed by atoms with Crippen molar-refractivity contribution in [2.75, 3.05) is 6.54 Å². The smallest absolute Gasteiger partial charge is 0.329 e. The normalized spacial score (nSPS) is 21.4. The van der Waals surface area contributed by atoms with E-state index in [1.807, 2.05) is 30.3 Å². The van der Waals surface area contributed by atoms with E-state index >= 15 is 0 Å². The molecule has 0 spiro atoms. The summed E-state index contributed by atoms with van der Waals surface area (Å²) in [7, 11) is 0. The van der Waals surface area contributed by atoms with Crippen LogP contribution in [0.2, 0.25) is 0 Å². The summed E-state index contributed by atoms with van der Waals surface area (Å²) in [6.07, 6.45) is 18.4. The molecular weight excluding hydrogens is 504 g/mol. The van der Waals surface area contributed by atoms with Crippen LogP contribution in [0.3, 0.4) is 0 Å². The molecule has 224 valence electrons. The molecular formula is C33H52N2O5. The first-order valence-electron chi connectivity index (χ1n) is 16.0. The van der Waals surface area contributed by atoms with Gasteiger partial charge in [-0.05, 0) is 38.2 Å². The molecule has 0 bridgehead atoms. The molecule has 7 nitrogen and oxygen atoms in total. The number of amides is 1. The molecule has 7 heteroatoms. The molecule has 0 aliphatic carbocycles. The summed E-state index contributed by atoms with van der Waals surface area (Å²) < 4.78 is 11.1. The molecule has 2 saturated heterocycles. The number of benzene rings is 1. The molecule has 4 atom stereocenters. The number of carbonyl (C=O) groups is 3. The van der Waals surface area contributed by atoms with Crippen molar-refractivity contribution in [1.29, 1.82) is 0 Å². The van der Waals surface area contributed by atoms with E-state index in [0.717, 1.165) is 24.8 Å². The average molecular weight is 557 g/mol. The van der Waals surface area contributed by atoms with E-state index in [-0.39, 0.29) is 30.6 Å². The summed E-state index contributed by atoms with van der Waals surface area (Å²) in [5.41, 5.74) is 0.916. The minimum atomic E-state index is -0.578. The second kappa shape index (κ2) is 18.1. The zero-order valence-corrected chi connectivity index (χ0v) is 24.9. The highest BCUT2D eigenvalue weighted by atomic mass is 16.6. The van der Waals surface area contributed by atoms with Crippen molar-refractivity contribution < 1.29 is 23.9 Å². The van der Waals surface area contributed by atoms with Crippen molar-refractivity contribution in [2.24, 2.45) is 0 Å². The third kappa shape index (κ3) is 10.9. The van der Waals surface area contributed by atoms with Gasteiger partial charge in [-0.15, -0.1) is 0 Å². The number of cyclic esters (lactones) is 1. The van der Waals surface area contributed by atoms with Gasteiger partial charge >= 0.3 is 11.9 Å². The number of ether oxygens (including phenoxy) is 2. The van der Waals surface area contributed by atoms with Gasteiger partial charge in [0.1, 0.15) is 24.8 Å². The second-order valence-electron chi connectivity index (χ2n) is 11.7. The van der Waals surface area contributed by atoms with Gasteiger partial charge in [0.2, 0.25) is 5.91 Å². The van der Waals surface area contributed by atoms with Gasteiger partial charge in [-0.25, -0.2) is 4.79 Å². The van der Waals surface area contributed by atoms with Crippen molar-refractivity contribution in [3.05, 3.63) is 35.9 Å². The molecule has 40 heavy (non-hydrogen) atoms. The first-order valence-corrected chi connectivity index (χ1v) is 16.0. The number of hydrogen-bond acceptors (Lipinski definition) is 6. The number of nitrogens with one attached hydrogen (secondary N) is 1. The Labute approximate surface area is 241 Å². The van der Waals surface area contributed by atoms with Gasteiger partial charge in [0.15, 0.2) is 0 Å². The zero-order valence-electron chi connectivity index (χ0n) is 24.9. The summed E-state index contributed by atoms with van der Waals surface area (Å²) in [5, 5.41) is 3.18. The first kappa shape index (κ1) is 32.1. The Kier molecular flexibility index (Phi) is 14.5. The maximum atomic E-state index is 13.2. The van der Waals surface area contributed by atoms with Gasteiger partial charge in [-0.2, -0.15) is 0 Å². The van der Waals surface area contributed by atoms with Gasteiger partial charge in [0, 0.05) is 13.0 Å². The molecule has 2 heterocycles. The van der Waals surface area contributed by atoms with Crippen molar-refractivity contribution in [3.63, 3.8) is 0 Å². The lowest BCUT2D eigenvalue weighted by Crippen LogP contribution is -2.52. The number of hydrogen-bond donors (Lipinski definition) is 1. The van der Waals surface area contributed by atoms with Crippen LogP contribution in [-0.2, 0) is 30.5 Å². The third-order valence-electron chi connectivity index (χ3n) is 8.30. The molecule has 1 N–H and O–H groups in total. The Morgan fingerprint density at radius 2 is 1.60 bits per heavy atom. The number of esters is 2. The second-order valence-corrected chi connectivity index (χ2v) is 11.7. The Bertz CT molecular complexity index is 892. The highest BCUT2D eigenvalue weighted by Crippen LogP contribution is 2.24. The molecule has 2 aliphatic rings. The first-order chi connectivity index (χ1) is 19.5. The summed E-state index contributed by atoms with van der Waals surface area (Å²) in [4.78, 5) is 40.1. The van der Waals surface area contributed by atoms with Crippen LogP contribution in [-0.4, -0.2) is 53.5 Å². The fraction of sp³-hybridized carbons (Fsp3) is 0.727. The Morgan fingerprint density at radius 1 is 0.975 bits per heavy atom. The number of likely N-dealkylation sites (tertiary alicyclic amines) is 1. The van der Waals surface area contributed by atoms with E-state index in [2.05, 4.69) is 12.2 Å². The largest absolute Gasteiger partial charge is 0.461 e. The Morgan fingerprint density at radius 3 is 2.25 bits per heavy atom. The van der Waals surface area contributed by atoms with Gasteiger partial charge in [-0.1, -0.05) is 108 Å². The molecule has 1 aromatic carbocycles. The van der Waals surface area contributed by atoms with Crippen LogP contribution in [0.5, 0.6) is 0 Å². The molecule has 3 rings (SSSR count). The highest BCUT2D eigenvalue weighted by Gasteiger charge is 2.40. The van der Waals surface area contributed by atoms with Gasteiger partial charge < -0.3 is 14.4 Å². The maximum Gasteiger partial charge on any atom is 0.329 e. The molecule has 2 fully saturated rings. The van der Waals surface area contributed by atoms with Gasteiger partial charge in [0.05, 0.1) is 6.04 Å². The lowest BCUT2D eigenvalue weighted by molar-refractivity contribution is -0.155. The van der Waals surface area contributed by atoms with Crippen LogP contribution in [0.4, 0.5) is 0 Å². The van der Waals surface area contributed by atoms with E-state index in [4.69, 9.17) is 9.47 Å². The van der Waals surface area contributed by atoms with Crippen LogP contribution >= 0.6 is 0 Å². The summed E-state index contributed by atoms with van der Waals surface area (Å²) in [6, 6.07) is 7.90. The van der Waals surface area contributed by atoms with Crippen molar-refractivity contribution >= 4 is 17.8 Å². The molecule has 2 unspecified atom stereocenters. The monoisotopic (exact) mass is 556 g/mol. The quantitative estimate of drug-likeness (QED) is 0.155. The summed E-state index contributed by atoms with van der Waals surface area (Å²) in [6.45, 7) is 4.74. The molecule has 1 amide bonds. The average Bonchev–Trinajstić information content (AvgIpc) is 3.59. The highest BCUT2D eigenvalue weighted by molar-refractivity contribution is 5.88. The van der Waals surface area contributed by atoms with Crippen LogP contribution in [0, 0.1) is 0 Å². The lowest BCUT2D eigenvalue weighted by Gasteiger charge is -2.27. The predicted molar refractivity (Wildman–Crippen MR) is 158 cm³/mol. The van der Waals surface area contributed by atoms with E-state index in [1.54, 1.807) is 11.8 Å². The van der Waals surface area contributed by atoms with E-state index in [9.17, 15) is 14.4 Å². The summed E-state index contributed by atoms with van der Waals surface area (Å²) >= 11 is 0. The van der Waals surface area contributed by atoms with Crippen molar-refractivity contribution in [1.82, 2.24) is 10.2 Å². The Balaban J connectivity index is 1.29. The number of rotatable bonds is 19. The Hall–Kier alpha value is -2.41. The SMILES string of the molecule is CCCCCCCCCCCCCCC1CC(N[C@@H](C)C(=O)N2CCC[C@H]2C(=O)OCc2ccccc2)C(=O)O1. The number of nitrogens with zero attached hydrogens (tertiary/aromatic N) is 1. The van der Waals surface area contributed by atoms with Crippen LogP contribution < -0.4 is 5.32 Å². The minimum Gasteiger partial charge on any atom is -0.461 e. The van der Waals surface area contributed by atoms with Gasteiger partial charge in [0.25, 0.3) is 0 Å². The van der Waals surface area contributed by atoms with E-state index in [0.29, 0.717) is 19.4 Å². The molecule has 0 radical (unpaired) electrons. The zero-order chi connectivity index (χ0) is 28.6. The fourth-order valence-electron chi connectivity index (χ4n) is 5.90. The van der Waals surface area contributed by atoms with Crippen LogP contribution in [0.1, 0.15) is 122 Å². The number of unbranched alkanes of at least 4 members (excludes halogenated alkanes) is 11. The van der Waals surface area contributed by atoms with E-state index < -0.39 is 18.1 Å². The lowest BCUT2D eigenvalue weighted by atomic mass is 10.0. The van der Waals surface area contributed by atoms with Crippen molar-refractivity contribution in [3.8, 4) is 0 Å². The number of carbonyl (C=O) groups excluding carboxylic acids is 3. The van der Waals surface area contributed by atoms with E-state index in [1.165, 1.54) is 70.6 Å².